The highest BCUT2D eigenvalue weighted by atomic mass is 19.4. The van der Waals surface area contributed by atoms with Gasteiger partial charge in [0.15, 0.2) is 0 Å². The Morgan fingerprint density at radius 1 is 1.02 bits per heavy atom. The van der Waals surface area contributed by atoms with Gasteiger partial charge in [0.05, 0.1) is 30.8 Å². The van der Waals surface area contributed by atoms with Gasteiger partial charge in [-0.1, -0.05) is 24.3 Å². The zero-order chi connectivity index (χ0) is 31.9. The van der Waals surface area contributed by atoms with Crippen molar-refractivity contribution in [2.45, 2.75) is 43.5 Å². The number of halogens is 6. The number of morpholine rings is 1. The fraction of sp³-hybridized carbons (Fsp3) is 0.367. The van der Waals surface area contributed by atoms with Gasteiger partial charge < -0.3 is 20.5 Å². The number of carbonyl (C=O) groups is 2. The number of pyridine rings is 1. The van der Waals surface area contributed by atoms with Gasteiger partial charge in [-0.15, -0.1) is 0 Å². The van der Waals surface area contributed by atoms with Crippen molar-refractivity contribution in [3.8, 4) is 0 Å². The summed E-state index contributed by atoms with van der Waals surface area (Å²) in [7, 11) is 0. The highest BCUT2D eigenvalue weighted by Gasteiger charge is 2.35. The van der Waals surface area contributed by atoms with Crippen molar-refractivity contribution in [1.29, 1.82) is 0 Å². The summed E-state index contributed by atoms with van der Waals surface area (Å²) in [6, 6.07) is 10.5. The largest absolute Gasteiger partial charge is 0.465 e. The Balaban J connectivity index is 1.37. The van der Waals surface area contributed by atoms with E-state index >= 15 is 0 Å². The molecule has 1 aliphatic heterocycles. The molecule has 0 aliphatic carbocycles. The van der Waals surface area contributed by atoms with Crippen molar-refractivity contribution >= 4 is 17.7 Å². The number of hydrogen-bond acceptors (Lipinski definition) is 5. The van der Waals surface area contributed by atoms with Crippen molar-refractivity contribution < 1.29 is 45.8 Å². The molecule has 2 aromatic carbocycles. The SMILES string of the molecule is O=C(CC(c1ccc(F)cc1)c1ccc(F)cc1)Nc1cncc(F)c1CC[C@@H]1CN[C@H](CN(CC(F)(F)F)C(=O)O)CO1. The summed E-state index contributed by atoms with van der Waals surface area (Å²) in [6.45, 7) is -1.89. The Hall–Kier alpha value is -4.17. The van der Waals surface area contributed by atoms with Gasteiger partial charge in [0, 0.05) is 37.0 Å². The minimum absolute atomic E-state index is 0.0527. The zero-order valence-corrected chi connectivity index (χ0v) is 23.3. The molecule has 2 atom stereocenters. The molecule has 1 fully saturated rings. The highest BCUT2D eigenvalue weighted by molar-refractivity contribution is 5.92. The van der Waals surface area contributed by atoms with Gasteiger partial charge in [-0.3, -0.25) is 14.7 Å². The number of nitrogens with one attached hydrogen (secondary N) is 2. The lowest BCUT2D eigenvalue weighted by Crippen LogP contribution is -2.53. The van der Waals surface area contributed by atoms with Crippen LogP contribution in [0.4, 0.5) is 36.8 Å². The van der Waals surface area contributed by atoms with Gasteiger partial charge in [0.2, 0.25) is 5.91 Å². The number of aromatic nitrogens is 1. The maximum Gasteiger partial charge on any atom is 0.407 e. The third-order valence-electron chi connectivity index (χ3n) is 7.18. The molecule has 44 heavy (non-hydrogen) atoms. The van der Waals surface area contributed by atoms with Crippen LogP contribution in [0.2, 0.25) is 0 Å². The Bertz CT molecular complexity index is 1370. The van der Waals surface area contributed by atoms with E-state index in [0.29, 0.717) is 11.1 Å². The molecule has 8 nitrogen and oxygen atoms in total. The Kier molecular flexibility index (Phi) is 10.8. The number of rotatable bonds is 11. The molecule has 0 bridgehead atoms. The molecule has 3 aromatic rings. The minimum Gasteiger partial charge on any atom is -0.465 e. The van der Waals surface area contributed by atoms with Crippen LogP contribution in [0.5, 0.6) is 0 Å². The van der Waals surface area contributed by atoms with E-state index < -0.39 is 66.8 Å². The van der Waals surface area contributed by atoms with E-state index in [1.165, 1.54) is 54.7 Å². The quantitative estimate of drug-likeness (QED) is 0.244. The van der Waals surface area contributed by atoms with Crippen LogP contribution in [0, 0.1) is 17.5 Å². The predicted molar refractivity (Wildman–Crippen MR) is 148 cm³/mol. The summed E-state index contributed by atoms with van der Waals surface area (Å²) in [5, 5.41) is 14.8. The molecule has 1 saturated heterocycles. The summed E-state index contributed by atoms with van der Waals surface area (Å²) >= 11 is 0. The standard InChI is InChI=1S/C30H30F6N4O4/c31-20-5-1-18(2-6-20)25(19-3-7-21(32)8-4-19)11-28(41)39-27-14-37-13-26(33)24(27)10-9-23-12-38-22(16-44-23)15-40(29(42)43)17-30(34,35)36/h1-8,13-14,22-23,25,38H,9-12,15-17H2,(H,39,41)(H,42,43)/t22-,23-/m1/s1. The van der Waals surface area contributed by atoms with E-state index in [1.807, 2.05) is 0 Å². The molecule has 4 rings (SSSR count). The third kappa shape index (κ3) is 9.41. The van der Waals surface area contributed by atoms with Gasteiger partial charge in [0.25, 0.3) is 0 Å². The van der Waals surface area contributed by atoms with E-state index in [9.17, 15) is 35.9 Å². The molecule has 0 radical (unpaired) electrons. The number of nitrogens with zero attached hydrogens (tertiary/aromatic N) is 2. The summed E-state index contributed by atoms with van der Waals surface area (Å²) in [4.78, 5) is 28.5. The molecule has 0 spiro atoms. The van der Waals surface area contributed by atoms with Crippen LogP contribution in [0.25, 0.3) is 0 Å². The van der Waals surface area contributed by atoms with E-state index in [4.69, 9.17) is 9.84 Å². The van der Waals surface area contributed by atoms with Crippen LogP contribution < -0.4 is 10.6 Å². The van der Waals surface area contributed by atoms with E-state index in [-0.39, 0.29) is 48.6 Å². The Labute approximate surface area is 249 Å². The van der Waals surface area contributed by atoms with E-state index in [0.717, 1.165) is 6.20 Å². The second-order valence-electron chi connectivity index (χ2n) is 10.4. The van der Waals surface area contributed by atoms with Gasteiger partial charge >= 0.3 is 12.3 Å². The van der Waals surface area contributed by atoms with Crippen LogP contribution in [-0.4, -0.2) is 71.6 Å². The smallest absolute Gasteiger partial charge is 0.407 e. The van der Waals surface area contributed by atoms with E-state index in [1.54, 1.807) is 0 Å². The van der Waals surface area contributed by atoms with Crippen molar-refractivity contribution in [2.75, 3.05) is 31.6 Å². The summed E-state index contributed by atoms with van der Waals surface area (Å²) in [5.41, 5.74) is 1.55. The number of carbonyl (C=O) groups excluding carboxylic acids is 1. The van der Waals surface area contributed by atoms with Crippen molar-refractivity contribution in [1.82, 2.24) is 15.2 Å². The predicted octanol–water partition coefficient (Wildman–Crippen LogP) is 5.49. The lowest BCUT2D eigenvalue weighted by molar-refractivity contribution is -0.143. The number of alkyl halides is 3. The average Bonchev–Trinajstić information content (AvgIpc) is 2.96. The Morgan fingerprint density at radius 2 is 1.64 bits per heavy atom. The fourth-order valence-electron chi connectivity index (χ4n) is 5.00. The second kappa shape index (κ2) is 14.5. The fourth-order valence-corrected chi connectivity index (χ4v) is 5.00. The number of anilines is 1. The first-order valence-electron chi connectivity index (χ1n) is 13.7. The second-order valence-corrected chi connectivity index (χ2v) is 10.4. The van der Waals surface area contributed by atoms with Crippen LogP contribution in [-0.2, 0) is 16.0 Å². The van der Waals surface area contributed by atoms with Gasteiger partial charge in [-0.2, -0.15) is 13.2 Å². The number of amides is 2. The Morgan fingerprint density at radius 3 is 2.16 bits per heavy atom. The molecule has 1 aromatic heterocycles. The third-order valence-corrected chi connectivity index (χ3v) is 7.18. The molecule has 236 valence electrons. The highest BCUT2D eigenvalue weighted by Crippen LogP contribution is 2.30. The van der Waals surface area contributed by atoms with Gasteiger partial charge in [-0.05, 0) is 48.2 Å². The molecular weight excluding hydrogens is 594 g/mol. The maximum absolute atomic E-state index is 14.8. The first-order valence-corrected chi connectivity index (χ1v) is 13.7. The van der Waals surface area contributed by atoms with Crippen molar-refractivity contribution in [3.63, 3.8) is 0 Å². The van der Waals surface area contributed by atoms with Gasteiger partial charge in [-0.25, -0.2) is 18.0 Å². The number of benzene rings is 2. The van der Waals surface area contributed by atoms with Crippen molar-refractivity contribution in [3.05, 3.63) is 95.1 Å². The molecule has 1 aliphatic rings. The number of carboxylic acid groups (broad SMARTS) is 1. The molecule has 0 unspecified atom stereocenters. The molecule has 2 heterocycles. The summed E-state index contributed by atoms with van der Waals surface area (Å²) in [5.74, 6) is -2.62. The molecule has 0 saturated carbocycles. The van der Waals surface area contributed by atoms with E-state index in [2.05, 4.69) is 15.6 Å². The normalized spacial score (nSPS) is 17.0. The maximum atomic E-state index is 14.8. The number of ether oxygens (including phenoxy) is 1. The van der Waals surface area contributed by atoms with Crippen molar-refractivity contribution in [2.24, 2.45) is 0 Å². The lowest BCUT2D eigenvalue weighted by Gasteiger charge is -2.33. The minimum atomic E-state index is -4.68. The van der Waals surface area contributed by atoms with Crippen LogP contribution >= 0.6 is 0 Å². The van der Waals surface area contributed by atoms with Crippen LogP contribution in [0.15, 0.2) is 60.9 Å². The topological polar surface area (TPSA) is 104 Å². The van der Waals surface area contributed by atoms with Gasteiger partial charge in [0.1, 0.15) is 24.0 Å². The monoisotopic (exact) mass is 624 g/mol. The summed E-state index contributed by atoms with van der Waals surface area (Å²) in [6.07, 6.45) is -4.24. The first kappa shape index (κ1) is 32.7. The van der Waals surface area contributed by atoms with Crippen LogP contribution in [0.1, 0.15) is 35.4 Å². The molecular formula is C30H30F6N4O4. The molecule has 3 N–H and O–H groups in total. The zero-order valence-electron chi connectivity index (χ0n) is 23.3. The lowest BCUT2D eigenvalue weighted by atomic mass is 9.88. The molecule has 2 amide bonds. The first-order chi connectivity index (χ1) is 20.9. The van der Waals surface area contributed by atoms with Crippen LogP contribution in [0.3, 0.4) is 0 Å². The average molecular weight is 625 g/mol. The summed E-state index contributed by atoms with van der Waals surface area (Å²) < 4.78 is 85.7. The molecule has 14 heteroatoms. The number of hydrogen-bond donors (Lipinski definition) is 3.